The number of esters is 1. The van der Waals surface area contributed by atoms with Crippen molar-refractivity contribution in [1.82, 2.24) is 5.32 Å². The van der Waals surface area contributed by atoms with E-state index in [1.165, 1.54) is 6.07 Å². The minimum atomic E-state index is -0.826. The lowest BCUT2D eigenvalue weighted by atomic mass is 10.1. The minimum absolute atomic E-state index is 0.216. The van der Waals surface area contributed by atoms with Gasteiger partial charge in [-0.2, -0.15) is 0 Å². The van der Waals surface area contributed by atoms with Crippen molar-refractivity contribution in [3.8, 4) is 5.75 Å². The Labute approximate surface area is 138 Å². The standard InChI is InChI=1S/C17H19NO6/c1-4-22-16(20)9-18-17(21)11(3)23-12-5-6-13-10(2)7-15(19)24-14(13)8-12/h5-8,11H,4,9H2,1-3H3,(H,18,21). The molecule has 1 aromatic heterocycles. The lowest BCUT2D eigenvalue weighted by molar-refractivity contribution is -0.144. The molecule has 0 radical (unpaired) electrons. The van der Waals surface area contributed by atoms with Crippen LogP contribution in [0, 0.1) is 6.92 Å². The molecule has 0 fully saturated rings. The van der Waals surface area contributed by atoms with Crippen molar-refractivity contribution < 1.29 is 23.5 Å². The number of hydrogen-bond acceptors (Lipinski definition) is 6. The van der Waals surface area contributed by atoms with Gasteiger partial charge in [0.25, 0.3) is 5.91 Å². The predicted octanol–water partition coefficient (Wildman–Crippen LogP) is 1.55. The Hall–Kier alpha value is -2.83. The summed E-state index contributed by atoms with van der Waals surface area (Å²) in [5, 5.41) is 3.22. The number of amides is 1. The Balaban J connectivity index is 2.04. The third-order valence-electron chi connectivity index (χ3n) is 3.32. The van der Waals surface area contributed by atoms with E-state index in [0.29, 0.717) is 11.3 Å². The largest absolute Gasteiger partial charge is 0.481 e. The van der Waals surface area contributed by atoms with Gasteiger partial charge in [-0.1, -0.05) is 0 Å². The number of hydrogen-bond donors (Lipinski definition) is 1. The van der Waals surface area contributed by atoms with E-state index in [-0.39, 0.29) is 13.2 Å². The van der Waals surface area contributed by atoms with Gasteiger partial charge in [-0.25, -0.2) is 4.79 Å². The number of carbonyl (C=O) groups is 2. The van der Waals surface area contributed by atoms with Crippen LogP contribution in [0.5, 0.6) is 5.75 Å². The van der Waals surface area contributed by atoms with E-state index in [1.54, 1.807) is 32.0 Å². The third-order valence-corrected chi connectivity index (χ3v) is 3.32. The fourth-order valence-electron chi connectivity index (χ4n) is 2.15. The second kappa shape index (κ2) is 7.63. The monoisotopic (exact) mass is 333 g/mol. The zero-order valence-electron chi connectivity index (χ0n) is 13.8. The molecule has 1 amide bonds. The van der Waals surface area contributed by atoms with Gasteiger partial charge in [0.1, 0.15) is 17.9 Å². The van der Waals surface area contributed by atoms with Crippen molar-refractivity contribution >= 4 is 22.8 Å². The fourth-order valence-corrected chi connectivity index (χ4v) is 2.15. The maximum Gasteiger partial charge on any atom is 0.336 e. The van der Waals surface area contributed by atoms with Crippen LogP contribution in [-0.2, 0) is 14.3 Å². The van der Waals surface area contributed by atoms with Crippen molar-refractivity contribution in [3.63, 3.8) is 0 Å². The summed E-state index contributed by atoms with van der Waals surface area (Å²) in [4.78, 5) is 34.6. The Bertz CT molecular complexity index is 810. The van der Waals surface area contributed by atoms with Crippen molar-refractivity contribution in [2.75, 3.05) is 13.2 Å². The van der Waals surface area contributed by atoms with Gasteiger partial charge in [-0.15, -0.1) is 0 Å². The van der Waals surface area contributed by atoms with Crippen molar-refractivity contribution in [3.05, 3.63) is 40.2 Å². The average molecular weight is 333 g/mol. The summed E-state index contributed by atoms with van der Waals surface area (Å²) in [5.41, 5.74) is 0.738. The molecule has 2 rings (SSSR count). The Morgan fingerprint density at radius 3 is 2.75 bits per heavy atom. The summed E-state index contributed by atoms with van der Waals surface area (Å²) in [6.45, 7) is 5.09. The molecule has 0 saturated carbocycles. The van der Waals surface area contributed by atoms with E-state index in [9.17, 15) is 14.4 Å². The summed E-state index contributed by atoms with van der Waals surface area (Å²) in [6.07, 6.45) is -0.826. The van der Waals surface area contributed by atoms with Gasteiger partial charge in [-0.3, -0.25) is 9.59 Å². The molecule has 0 bridgehead atoms. The normalized spacial score (nSPS) is 11.8. The number of carbonyl (C=O) groups excluding carboxylic acids is 2. The summed E-state index contributed by atoms with van der Waals surface area (Å²) in [5.74, 6) is -0.579. The van der Waals surface area contributed by atoms with Gasteiger partial charge in [-0.05, 0) is 38.5 Å². The lowest BCUT2D eigenvalue weighted by Gasteiger charge is -2.14. The summed E-state index contributed by atoms with van der Waals surface area (Å²) in [7, 11) is 0. The third kappa shape index (κ3) is 4.34. The molecule has 1 atom stereocenters. The summed E-state index contributed by atoms with van der Waals surface area (Å²) < 4.78 is 15.4. The Morgan fingerprint density at radius 2 is 2.04 bits per heavy atom. The van der Waals surface area contributed by atoms with Crippen molar-refractivity contribution in [1.29, 1.82) is 0 Å². The van der Waals surface area contributed by atoms with Crippen LogP contribution >= 0.6 is 0 Å². The highest BCUT2D eigenvalue weighted by molar-refractivity contribution is 5.85. The Kier molecular flexibility index (Phi) is 5.57. The van der Waals surface area contributed by atoms with Crippen LogP contribution in [0.3, 0.4) is 0 Å². The molecule has 0 aliphatic rings. The minimum Gasteiger partial charge on any atom is -0.481 e. The average Bonchev–Trinajstić information content (AvgIpc) is 2.52. The lowest BCUT2D eigenvalue weighted by Crippen LogP contribution is -2.39. The zero-order chi connectivity index (χ0) is 17.7. The molecule has 1 unspecified atom stereocenters. The maximum atomic E-state index is 11.9. The van der Waals surface area contributed by atoms with Crippen LogP contribution in [-0.4, -0.2) is 31.1 Å². The molecule has 0 aliphatic heterocycles. The SMILES string of the molecule is CCOC(=O)CNC(=O)C(C)Oc1ccc2c(C)cc(=O)oc2c1. The molecule has 1 aromatic carbocycles. The highest BCUT2D eigenvalue weighted by atomic mass is 16.5. The van der Waals surface area contributed by atoms with Crippen LogP contribution < -0.4 is 15.7 Å². The molecule has 0 aliphatic carbocycles. The smallest absolute Gasteiger partial charge is 0.336 e. The highest BCUT2D eigenvalue weighted by Crippen LogP contribution is 2.22. The van der Waals surface area contributed by atoms with E-state index >= 15 is 0 Å². The molecule has 1 N–H and O–H groups in total. The second-order valence-corrected chi connectivity index (χ2v) is 5.19. The van der Waals surface area contributed by atoms with Gasteiger partial charge in [0.15, 0.2) is 6.10 Å². The number of aryl methyl sites for hydroxylation is 1. The van der Waals surface area contributed by atoms with Crippen LogP contribution in [0.2, 0.25) is 0 Å². The van der Waals surface area contributed by atoms with Gasteiger partial charge in [0, 0.05) is 17.5 Å². The van der Waals surface area contributed by atoms with E-state index in [0.717, 1.165) is 10.9 Å². The van der Waals surface area contributed by atoms with Crippen LogP contribution in [0.1, 0.15) is 19.4 Å². The number of ether oxygens (including phenoxy) is 2. The molecular weight excluding hydrogens is 314 g/mol. The molecular formula is C17H19NO6. The zero-order valence-corrected chi connectivity index (χ0v) is 13.8. The predicted molar refractivity (Wildman–Crippen MR) is 87.0 cm³/mol. The first-order chi connectivity index (χ1) is 11.4. The van der Waals surface area contributed by atoms with E-state index in [4.69, 9.17) is 13.9 Å². The van der Waals surface area contributed by atoms with Crippen molar-refractivity contribution in [2.45, 2.75) is 26.9 Å². The molecule has 1 heterocycles. The summed E-state index contributed by atoms with van der Waals surface area (Å²) >= 11 is 0. The number of rotatable bonds is 6. The van der Waals surface area contributed by atoms with Gasteiger partial charge >= 0.3 is 11.6 Å². The quantitative estimate of drug-likeness (QED) is 0.636. The first kappa shape index (κ1) is 17.5. The number of fused-ring (bicyclic) bond motifs is 1. The molecule has 2 aromatic rings. The maximum absolute atomic E-state index is 11.9. The molecule has 7 heteroatoms. The number of nitrogens with one attached hydrogen (secondary N) is 1. The molecule has 0 saturated heterocycles. The Morgan fingerprint density at radius 1 is 1.29 bits per heavy atom. The van der Waals surface area contributed by atoms with Crippen molar-refractivity contribution in [2.24, 2.45) is 0 Å². The molecule has 0 spiro atoms. The number of benzene rings is 1. The second-order valence-electron chi connectivity index (χ2n) is 5.19. The van der Waals surface area contributed by atoms with Gasteiger partial charge in [0.2, 0.25) is 0 Å². The molecule has 24 heavy (non-hydrogen) atoms. The van der Waals surface area contributed by atoms with Crippen LogP contribution in [0.25, 0.3) is 11.0 Å². The first-order valence-electron chi connectivity index (χ1n) is 7.55. The first-order valence-corrected chi connectivity index (χ1v) is 7.55. The fraction of sp³-hybridized carbons (Fsp3) is 0.353. The van der Waals surface area contributed by atoms with Crippen LogP contribution in [0.15, 0.2) is 33.5 Å². The van der Waals surface area contributed by atoms with Gasteiger partial charge < -0.3 is 19.2 Å². The van der Waals surface area contributed by atoms with Crippen LogP contribution in [0.4, 0.5) is 0 Å². The summed E-state index contributed by atoms with van der Waals surface area (Å²) in [6, 6.07) is 6.41. The molecule has 7 nitrogen and oxygen atoms in total. The van der Waals surface area contributed by atoms with E-state index < -0.39 is 23.6 Å². The topological polar surface area (TPSA) is 94.8 Å². The van der Waals surface area contributed by atoms with E-state index in [1.807, 2.05) is 6.92 Å². The highest BCUT2D eigenvalue weighted by Gasteiger charge is 2.16. The molecule has 128 valence electrons. The van der Waals surface area contributed by atoms with Gasteiger partial charge in [0.05, 0.1) is 6.61 Å². The van der Waals surface area contributed by atoms with E-state index in [2.05, 4.69) is 5.32 Å².